The first kappa shape index (κ1) is 26.9. The van der Waals surface area contributed by atoms with Crippen LogP contribution in [-0.2, 0) is 15.6 Å². The Balaban J connectivity index is 2.40. The molecule has 5 nitrogen and oxygen atoms in total. The second kappa shape index (κ2) is 12.2. The van der Waals surface area contributed by atoms with E-state index in [-0.39, 0.29) is 11.9 Å². The minimum absolute atomic E-state index is 0.225. The Hall–Kier alpha value is -2.31. The summed E-state index contributed by atoms with van der Waals surface area (Å²) in [7, 11) is -0.568. The molecule has 0 saturated carbocycles. The summed E-state index contributed by atoms with van der Waals surface area (Å²) in [6.07, 6.45) is 1.77. The zero-order chi connectivity index (χ0) is 24.6. The molecular weight excluding hydrogens is 432 g/mol. The van der Waals surface area contributed by atoms with E-state index in [1.165, 1.54) is 0 Å². The average molecular weight is 473 g/mol. The fourth-order valence-electron chi connectivity index (χ4n) is 4.92. The zero-order valence-electron chi connectivity index (χ0n) is 21.1. The number of benzene rings is 2. The van der Waals surface area contributed by atoms with Crippen molar-refractivity contribution < 1.29 is 23.8 Å². The number of aryl methyl sites for hydroxylation is 1. The summed E-state index contributed by atoms with van der Waals surface area (Å²) in [5, 5.41) is 9.81. The maximum Gasteiger partial charge on any atom is 0.201 e. The molecule has 1 unspecified atom stereocenters. The SMILES string of the molecule is COc1ccc(CCC=O)cc1OCC(O[Si](C(C)C)(C(C)C)C(C)C)c1ccc(O)cc1. The van der Waals surface area contributed by atoms with Gasteiger partial charge in [0.15, 0.2) is 11.5 Å². The largest absolute Gasteiger partial charge is 0.508 e. The van der Waals surface area contributed by atoms with E-state index >= 15 is 0 Å². The van der Waals surface area contributed by atoms with Gasteiger partial charge in [-0.2, -0.15) is 0 Å². The summed E-state index contributed by atoms with van der Waals surface area (Å²) < 4.78 is 18.9. The van der Waals surface area contributed by atoms with Crippen LogP contribution in [0.2, 0.25) is 16.6 Å². The molecule has 0 aliphatic heterocycles. The molecule has 1 atom stereocenters. The number of hydrogen-bond donors (Lipinski definition) is 1. The summed E-state index contributed by atoms with van der Waals surface area (Å²) >= 11 is 0. The van der Waals surface area contributed by atoms with Crippen LogP contribution < -0.4 is 9.47 Å². The predicted molar refractivity (Wildman–Crippen MR) is 136 cm³/mol. The van der Waals surface area contributed by atoms with Crippen LogP contribution in [0.1, 0.15) is 65.2 Å². The topological polar surface area (TPSA) is 65.0 Å². The van der Waals surface area contributed by atoms with E-state index < -0.39 is 8.32 Å². The summed E-state index contributed by atoms with van der Waals surface area (Å²) in [5.74, 6) is 1.51. The number of carbonyl (C=O) groups excluding carboxylic acids is 1. The van der Waals surface area contributed by atoms with E-state index in [4.69, 9.17) is 13.9 Å². The first-order valence-electron chi connectivity index (χ1n) is 11.9. The normalized spacial score (nSPS) is 12.9. The highest BCUT2D eigenvalue weighted by Gasteiger charge is 2.47. The van der Waals surface area contributed by atoms with Crippen molar-refractivity contribution in [2.24, 2.45) is 0 Å². The molecule has 6 heteroatoms. The Bertz CT molecular complexity index is 855. The lowest BCUT2D eigenvalue weighted by molar-refractivity contribution is -0.107. The Labute approximate surface area is 200 Å². The summed E-state index contributed by atoms with van der Waals surface area (Å²) in [6.45, 7) is 13.9. The predicted octanol–water partition coefficient (Wildman–Crippen LogP) is 6.84. The van der Waals surface area contributed by atoms with E-state index in [9.17, 15) is 9.90 Å². The van der Waals surface area contributed by atoms with Gasteiger partial charge in [0, 0.05) is 6.42 Å². The molecule has 2 rings (SSSR count). The second-order valence-corrected chi connectivity index (χ2v) is 14.9. The van der Waals surface area contributed by atoms with E-state index in [1.54, 1.807) is 19.2 Å². The van der Waals surface area contributed by atoms with Crippen molar-refractivity contribution in [2.45, 2.75) is 77.1 Å². The molecule has 182 valence electrons. The van der Waals surface area contributed by atoms with Crippen LogP contribution in [0.4, 0.5) is 0 Å². The molecule has 2 aromatic rings. The molecule has 0 aliphatic carbocycles. The number of aromatic hydroxyl groups is 1. The standard InChI is InChI=1S/C27H40O5Si/c1-19(2)33(20(3)4,21(5)6)32-27(23-11-13-24(29)14-12-23)18-31-26-17-22(9-8-16-28)10-15-25(26)30-7/h10-17,19-21,27,29H,8-9,18H2,1-7H3. The zero-order valence-corrected chi connectivity index (χ0v) is 22.1. The van der Waals surface area contributed by atoms with Gasteiger partial charge >= 0.3 is 0 Å². The highest BCUT2D eigenvalue weighted by Crippen LogP contribution is 2.45. The lowest BCUT2D eigenvalue weighted by atomic mass is 10.1. The van der Waals surface area contributed by atoms with E-state index in [2.05, 4.69) is 41.5 Å². The minimum atomic E-state index is -2.19. The van der Waals surface area contributed by atoms with Crippen molar-refractivity contribution in [3.63, 3.8) is 0 Å². The quantitative estimate of drug-likeness (QED) is 0.255. The van der Waals surface area contributed by atoms with Crippen LogP contribution in [0, 0.1) is 0 Å². The smallest absolute Gasteiger partial charge is 0.201 e. The van der Waals surface area contributed by atoms with Gasteiger partial charge in [-0.3, -0.25) is 0 Å². The molecule has 0 aliphatic rings. The summed E-state index contributed by atoms with van der Waals surface area (Å²) in [6, 6.07) is 13.0. The monoisotopic (exact) mass is 472 g/mol. The molecule has 0 saturated heterocycles. The van der Waals surface area contributed by atoms with Gasteiger partial charge in [-0.05, 0) is 58.4 Å². The van der Waals surface area contributed by atoms with Gasteiger partial charge in [0.2, 0.25) is 8.32 Å². The molecule has 0 heterocycles. The van der Waals surface area contributed by atoms with Crippen molar-refractivity contribution in [3.05, 3.63) is 53.6 Å². The molecular formula is C27H40O5Si. The van der Waals surface area contributed by atoms with E-state index in [0.29, 0.717) is 47.6 Å². The number of carbonyl (C=O) groups is 1. The minimum Gasteiger partial charge on any atom is -0.508 e. The number of ether oxygens (including phenoxy) is 2. The van der Waals surface area contributed by atoms with Gasteiger partial charge < -0.3 is 23.8 Å². The Morgan fingerprint density at radius 3 is 2.03 bits per heavy atom. The fraction of sp³-hybridized carbons (Fsp3) is 0.519. The third-order valence-electron chi connectivity index (χ3n) is 6.49. The first-order chi connectivity index (χ1) is 15.6. The van der Waals surface area contributed by atoms with Gasteiger partial charge in [0.25, 0.3) is 0 Å². The Morgan fingerprint density at radius 1 is 0.909 bits per heavy atom. The van der Waals surface area contributed by atoms with Crippen LogP contribution >= 0.6 is 0 Å². The number of aldehydes is 1. The Morgan fingerprint density at radius 2 is 1.52 bits per heavy atom. The van der Waals surface area contributed by atoms with Crippen LogP contribution in [0.3, 0.4) is 0 Å². The number of rotatable bonds is 13. The van der Waals surface area contributed by atoms with Gasteiger partial charge in [-0.1, -0.05) is 59.7 Å². The van der Waals surface area contributed by atoms with Gasteiger partial charge in [-0.15, -0.1) is 0 Å². The second-order valence-electron chi connectivity index (χ2n) is 9.52. The third-order valence-corrected chi connectivity index (χ3v) is 12.6. The fourth-order valence-corrected chi connectivity index (χ4v) is 10.4. The van der Waals surface area contributed by atoms with Crippen molar-refractivity contribution >= 4 is 14.6 Å². The van der Waals surface area contributed by atoms with Gasteiger partial charge in [-0.25, -0.2) is 0 Å². The summed E-state index contributed by atoms with van der Waals surface area (Å²) in [4.78, 5) is 10.8. The molecule has 0 fully saturated rings. The number of phenols is 1. The molecule has 33 heavy (non-hydrogen) atoms. The molecule has 1 N–H and O–H groups in total. The molecule has 0 spiro atoms. The highest BCUT2D eigenvalue weighted by molar-refractivity contribution is 6.77. The third kappa shape index (κ3) is 6.61. The van der Waals surface area contributed by atoms with Crippen LogP contribution in [-0.4, -0.2) is 33.4 Å². The van der Waals surface area contributed by atoms with Crippen molar-refractivity contribution in [2.75, 3.05) is 13.7 Å². The van der Waals surface area contributed by atoms with E-state index in [0.717, 1.165) is 17.4 Å². The molecule has 0 radical (unpaired) electrons. The molecule has 0 bridgehead atoms. The Kier molecular flexibility index (Phi) is 9.99. The van der Waals surface area contributed by atoms with Gasteiger partial charge in [0.05, 0.1) is 7.11 Å². The summed E-state index contributed by atoms with van der Waals surface area (Å²) in [5.41, 5.74) is 3.29. The van der Waals surface area contributed by atoms with Crippen LogP contribution in [0.5, 0.6) is 17.2 Å². The first-order valence-corrected chi connectivity index (χ1v) is 14.0. The van der Waals surface area contributed by atoms with Crippen molar-refractivity contribution in [1.29, 1.82) is 0 Å². The maximum absolute atomic E-state index is 10.8. The lowest BCUT2D eigenvalue weighted by Gasteiger charge is -2.44. The van der Waals surface area contributed by atoms with Crippen LogP contribution in [0.25, 0.3) is 0 Å². The average Bonchev–Trinajstić information content (AvgIpc) is 2.77. The van der Waals surface area contributed by atoms with Crippen molar-refractivity contribution in [3.8, 4) is 17.2 Å². The van der Waals surface area contributed by atoms with Crippen molar-refractivity contribution in [1.82, 2.24) is 0 Å². The maximum atomic E-state index is 10.8. The van der Waals surface area contributed by atoms with Gasteiger partial charge in [0.1, 0.15) is 24.7 Å². The van der Waals surface area contributed by atoms with E-state index in [1.807, 2.05) is 30.3 Å². The lowest BCUT2D eigenvalue weighted by Crippen LogP contribution is -2.49. The molecule has 0 aromatic heterocycles. The number of hydrogen-bond acceptors (Lipinski definition) is 5. The molecule has 0 amide bonds. The number of methoxy groups -OCH3 is 1. The molecule has 2 aromatic carbocycles. The highest BCUT2D eigenvalue weighted by atomic mass is 28.4. The number of phenolic OH excluding ortho intramolecular Hbond substituents is 1. The van der Waals surface area contributed by atoms with Crippen LogP contribution in [0.15, 0.2) is 42.5 Å².